The molecule has 1 heterocycles. The fourth-order valence-electron chi connectivity index (χ4n) is 1.60. The maximum Gasteiger partial charge on any atom is 0.309 e. The third-order valence-corrected chi connectivity index (χ3v) is 3.20. The number of nitrogens with one attached hydrogen (secondary N) is 1. The molecular formula is C14H10BrFN2O3. The minimum absolute atomic E-state index is 0.181. The summed E-state index contributed by atoms with van der Waals surface area (Å²) in [4.78, 5) is 26.4. The number of hydrogen-bond acceptors (Lipinski definition) is 3. The van der Waals surface area contributed by atoms with E-state index >= 15 is 0 Å². The van der Waals surface area contributed by atoms with Crippen molar-refractivity contribution in [2.24, 2.45) is 0 Å². The number of hydrogen-bond donors (Lipinski definition) is 2. The third-order valence-electron chi connectivity index (χ3n) is 2.60. The Morgan fingerprint density at radius 2 is 2.05 bits per heavy atom. The van der Waals surface area contributed by atoms with Gasteiger partial charge in [-0.2, -0.15) is 0 Å². The number of carboxylic acid groups (broad SMARTS) is 1. The van der Waals surface area contributed by atoms with E-state index < -0.39 is 17.7 Å². The van der Waals surface area contributed by atoms with Crippen LogP contribution in [0.1, 0.15) is 16.1 Å². The lowest BCUT2D eigenvalue weighted by Crippen LogP contribution is -2.12. The van der Waals surface area contributed by atoms with Crippen LogP contribution >= 0.6 is 15.9 Å². The lowest BCUT2D eigenvalue weighted by atomic mass is 10.2. The van der Waals surface area contributed by atoms with Gasteiger partial charge in [0.25, 0.3) is 5.91 Å². The number of pyridine rings is 1. The minimum atomic E-state index is -0.976. The first-order valence-corrected chi connectivity index (χ1v) is 6.68. The molecule has 0 atom stereocenters. The van der Waals surface area contributed by atoms with E-state index in [2.05, 4.69) is 26.2 Å². The summed E-state index contributed by atoms with van der Waals surface area (Å²) in [7, 11) is 0. The van der Waals surface area contributed by atoms with Gasteiger partial charge in [-0.05, 0) is 46.3 Å². The topological polar surface area (TPSA) is 79.3 Å². The first-order chi connectivity index (χ1) is 9.95. The molecule has 1 aromatic heterocycles. The van der Waals surface area contributed by atoms with E-state index in [1.807, 2.05) is 0 Å². The maximum atomic E-state index is 13.1. The highest BCUT2D eigenvalue weighted by Gasteiger charge is 2.09. The Labute approximate surface area is 128 Å². The van der Waals surface area contributed by atoms with Crippen LogP contribution in [0.3, 0.4) is 0 Å². The highest BCUT2D eigenvalue weighted by molar-refractivity contribution is 9.10. The number of aliphatic carboxylic acids is 1. The molecule has 0 aliphatic rings. The van der Waals surface area contributed by atoms with Crippen molar-refractivity contribution in [2.45, 2.75) is 6.42 Å². The molecule has 108 valence electrons. The predicted molar refractivity (Wildman–Crippen MR) is 77.6 cm³/mol. The second-order valence-corrected chi connectivity index (χ2v) is 5.05. The van der Waals surface area contributed by atoms with Crippen LogP contribution in [0.25, 0.3) is 0 Å². The summed E-state index contributed by atoms with van der Waals surface area (Å²) in [6, 6.07) is 7.00. The quantitative estimate of drug-likeness (QED) is 0.886. The van der Waals surface area contributed by atoms with Crippen LogP contribution < -0.4 is 5.32 Å². The lowest BCUT2D eigenvalue weighted by molar-refractivity contribution is -0.136. The summed E-state index contributed by atoms with van der Waals surface area (Å²) < 4.78 is 13.3. The van der Waals surface area contributed by atoms with Gasteiger partial charge < -0.3 is 10.4 Å². The second-order valence-electron chi connectivity index (χ2n) is 4.19. The van der Waals surface area contributed by atoms with E-state index in [9.17, 15) is 14.0 Å². The normalized spacial score (nSPS) is 10.2. The Morgan fingerprint density at radius 1 is 1.29 bits per heavy atom. The third kappa shape index (κ3) is 4.09. The molecular weight excluding hydrogens is 343 g/mol. The lowest BCUT2D eigenvalue weighted by Gasteiger charge is -2.06. The number of carbonyl (C=O) groups excluding carboxylic acids is 1. The molecule has 1 aromatic carbocycles. The van der Waals surface area contributed by atoms with Crippen LogP contribution in [0.15, 0.2) is 41.0 Å². The molecule has 1 amide bonds. The van der Waals surface area contributed by atoms with Crippen LogP contribution in [0.4, 0.5) is 10.1 Å². The van der Waals surface area contributed by atoms with Crippen LogP contribution in [0, 0.1) is 5.82 Å². The van der Waals surface area contributed by atoms with E-state index in [-0.39, 0.29) is 16.5 Å². The van der Waals surface area contributed by atoms with Crippen molar-refractivity contribution in [1.82, 2.24) is 4.98 Å². The van der Waals surface area contributed by atoms with Crippen molar-refractivity contribution in [3.8, 4) is 0 Å². The van der Waals surface area contributed by atoms with Crippen molar-refractivity contribution >= 4 is 33.5 Å². The maximum absolute atomic E-state index is 13.1. The van der Waals surface area contributed by atoms with E-state index in [4.69, 9.17) is 5.11 Å². The van der Waals surface area contributed by atoms with Gasteiger partial charge in [-0.1, -0.05) is 0 Å². The largest absolute Gasteiger partial charge is 0.481 e. The number of benzene rings is 1. The fraction of sp³-hybridized carbons (Fsp3) is 0.0714. The molecule has 2 aromatic rings. The smallest absolute Gasteiger partial charge is 0.309 e. The molecule has 0 spiro atoms. The van der Waals surface area contributed by atoms with Crippen molar-refractivity contribution in [3.05, 3.63) is 58.1 Å². The Hall–Kier alpha value is -2.28. The molecule has 0 fully saturated rings. The first-order valence-electron chi connectivity index (χ1n) is 5.89. The summed E-state index contributed by atoms with van der Waals surface area (Å²) in [6.07, 6.45) is 1.19. The van der Waals surface area contributed by atoms with Crippen molar-refractivity contribution < 1.29 is 19.1 Å². The molecule has 5 nitrogen and oxygen atoms in total. The molecule has 2 rings (SSSR count). The van der Waals surface area contributed by atoms with Crippen LogP contribution in [-0.2, 0) is 11.2 Å². The van der Waals surface area contributed by atoms with Gasteiger partial charge in [-0.3, -0.25) is 14.6 Å². The number of carboxylic acids is 1. The molecule has 0 unspecified atom stereocenters. The zero-order valence-electron chi connectivity index (χ0n) is 10.6. The van der Waals surface area contributed by atoms with Gasteiger partial charge in [-0.15, -0.1) is 0 Å². The Kier molecular flexibility index (Phi) is 4.64. The van der Waals surface area contributed by atoms with Gasteiger partial charge in [0.05, 0.1) is 28.5 Å². The zero-order valence-corrected chi connectivity index (χ0v) is 12.2. The highest BCUT2D eigenvalue weighted by Crippen LogP contribution is 2.18. The zero-order chi connectivity index (χ0) is 15.4. The van der Waals surface area contributed by atoms with Crippen molar-refractivity contribution in [3.63, 3.8) is 0 Å². The first kappa shape index (κ1) is 15.1. The summed E-state index contributed by atoms with van der Waals surface area (Å²) >= 11 is 3.01. The molecule has 0 saturated heterocycles. The number of anilines is 1. The van der Waals surface area contributed by atoms with E-state index in [0.29, 0.717) is 11.4 Å². The second kappa shape index (κ2) is 6.45. The molecule has 7 heteroatoms. The van der Waals surface area contributed by atoms with E-state index in [0.717, 1.165) is 0 Å². The van der Waals surface area contributed by atoms with Crippen molar-refractivity contribution in [1.29, 1.82) is 0 Å². The number of halogens is 2. The van der Waals surface area contributed by atoms with Gasteiger partial charge >= 0.3 is 5.97 Å². The van der Waals surface area contributed by atoms with Gasteiger partial charge in [0.1, 0.15) is 5.82 Å². The van der Waals surface area contributed by atoms with E-state index in [1.165, 1.54) is 30.5 Å². The van der Waals surface area contributed by atoms with Gasteiger partial charge in [-0.25, -0.2) is 4.39 Å². The van der Waals surface area contributed by atoms with Gasteiger partial charge in [0, 0.05) is 5.56 Å². The van der Waals surface area contributed by atoms with Gasteiger partial charge in [0.15, 0.2) is 0 Å². The Balaban J connectivity index is 2.08. The summed E-state index contributed by atoms with van der Waals surface area (Å²) in [5.41, 5.74) is 1.11. The molecule has 21 heavy (non-hydrogen) atoms. The molecule has 0 saturated carbocycles. The van der Waals surface area contributed by atoms with Crippen LogP contribution in [0.5, 0.6) is 0 Å². The number of carbonyl (C=O) groups is 2. The summed E-state index contributed by atoms with van der Waals surface area (Å²) in [5.74, 6) is -1.84. The monoisotopic (exact) mass is 352 g/mol. The van der Waals surface area contributed by atoms with Gasteiger partial charge in [0.2, 0.25) is 0 Å². The fourth-order valence-corrected chi connectivity index (χ4v) is 1.98. The molecule has 0 bridgehead atoms. The van der Waals surface area contributed by atoms with Crippen LogP contribution in [0.2, 0.25) is 0 Å². The van der Waals surface area contributed by atoms with Crippen molar-refractivity contribution in [2.75, 3.05) is 5.32 Å². The standard InChI is InChI=1S/C14H10BrFN2O3/c15-11-5-8(1-4-12(11)16)14(21)18-10-3-2-9(17-7-10)6-13(19)20/h1-5,7H,6H2,(H,18,21)(H,19,20). The average molecular weight is 353 g/mol. The Morgan fingerprint density at radius 3 is 2.62 bits per heavy atom. The highest BCUT2D eigenvalue weighted by atomic mass is 79.9. The molecule has 2 N–H and O–H groups in total. The number of amides is 1. The predicted octanol–water partition coefficient (Wildman–Crippen LogP) is 2.86. The summed E-state index contributed by atoms with van der Waals surface area (Å²) in [5, 5.41) is 11.2. The van der Waals surface area contributed by atoms with Crippen LogP contribution in [-0.4, -0.2) is 22.0 Å². The average Bonchev–Trinajstić information content (AvgIpc) is 2.43. The number of rotatable bonds is 4. The molecule has 0 aliphatic heterocycles. The minimum Gasteiger partial charge on any atom is -0.481 e. The number of nitrogens with zero attached hydrogens (tertiary/aromatic N) is 1. The molecule has 0 radical (unpaired) electrons. The number of aromatic nitrogens is 1. The SMILES string of the molecule is O=C(O)Cc1ccc(NC(=O)c2ccc(F)c(Br)c2)cn1. The van der Waals surface area contributed by atoms with E-state index in [1.54, 1.807) is 6.07 Å². The Bertz CT molecular complexity index is 689. The summed E-state index contributed by atoms with van der Waals surface area (Å²) in [6.45, 7) is 0. The molecule has 0 aliphatic carbocycles.